The topological polar surface area (TPSA) is 79.1 Å². The van der Waals surface area contributed by atoms with E-state index in [2.05, 4.69) is 53.6 Å². The highest BCUT2D eigenvalue weighted by molar-refractivity contribution is 5.57. The molecule has 0 aromatic carbocycles. The van der Waals surface area contributed by atoms with Crippen LogP contribution in [0, 0.1) is 6.92 Å². The Hall–Kier alpha value is -1.40. The van der Waals surface area contributed by atoms with E-state index in [1.54, 1.807) is 0 Å². The van der Waals surface area contributed by atoms with Crippen molar-refractivity contribution in [2.24, 2.45) is 5.84 Å². The lowest BCUT2D eigenvalue weighted by Gasteiger charge is -2.21. The zero-order valence-electron chi connectivity index (χ0n) is 12.6. The smallest absolute Gasteiger partial charge is 0.148 e. The Morgan fingerprint density at radius 1 is 1.26 bits per heavy atom. The molecule has 6 heteroatoms. The molecule has 108 valence electrons. The molecule has 1 heterocycles. The molecule has 0 radical (unpaired) electrons. The minimum atomic E-state index is 0.309. The van der Waals surface area contributed by atoms with E-state index in [0.29, 0.717) is 11.9 Å². The van der Waals surface area contributed by atoms with Crippen LogP contribution in [0.5, 0.6) is 0 Å². The van der Waals surface area contributed by atoms with Crippen LogP contribution in [0.2, 0.25) is 0 Å². The molecule has 0 aliphatic carbocycles. The van der Waals surface area contributed by atoms with Crippen LogP contribution >= 0.6 is 0 Å². The Balaban J connectivity index is 2.94. The number of nitrogen functional groups attached to an aromatic ring is 1. The molecule has 1 rings (SSSR count). The maximum absolute atomic E-state index is 5.52. The number of anilines is 2. The second-order valence-corrected chi connectivity index (χ2v) is 5.16. The van der Waals surface area contributed by atoms with Gasteiger partial charge in [-0.05, 0) is 34.4 Å². The van der Waals surface area contributed by atoms with Crippen LogP contribution in [0.4, 0.5) is 11.6 Å². The van der Waals surface area contributed by atoms with Gasteiger partial charge in [-0.3, -0.25) is 0 Å². The summed E-state index contributed by atoms with van der Waals surface area (Å²) in [4.78, 5) is 11.1. The Morgan fingerprint density at radius 2 is 1.89 bits per heavy atom. The number of hydrazine groups is 1. The fourth-order valence-electron chi connectivity index (χ4n) is 2.01. The van der Waals surface area contributed by atoms with Crippen molar-refractivity contribution in [3.05, 3.63) is 11.4 Å². The molecule has 0 saturated heterocycles. The van der Waals surface area contributed by atoms with E-state index in [-0.39, 0.29) is 0 Å². The minimum absolute atomic E-state index is 0.309. The Bertz CT molecular complexity index is 404. The molecule has 4 N–H and O–H groups in total. The first-order valence-corrected chi connectivity index (χ1v) is 6.73. The lowest BCUT2D eigenvalue weighted by atomic mass is 10.2. The predicted molar refractivity (Wildman–Crippen MR) is 80.2 cm³/mol. The van der Waals surface area contributed by atoms with Crippen LogP contribution in [-0.2, 0) is 6.42 Å². The molecular formula is C13H26N6. The molecule has 1 aromatic heterocycles. The van der Waals surface area contributed by atoms with Crippen LogP contribution in [0.25, 0.3) is 0 Å². The first-order chi connectivity index (χ1) is 8.97. The summed E-state index contributed by atoms with van der Waals surface area (Å²) in [7, 11) is 4.11. The highest BCUT2D eigenvalue weighted by atomic mass is 15.3. The van der Waals surface area contributed by atoms with E-state index in [4.69, 9.17) is 5.84 Å². The fraction of sp³-hybridized carbons (Fsp3) is 0.692. The van der Waals surface area contributed by atoms with Gasteiger partial charge in [0.15, 0.2) is 0 Å². The molecular weight excluding hydrogens is 240 g/mol. The summed E-state index contributed by atoms with van der Waals surface area (Å²) in [5.74, 6) is 7.89. The van der Waals surface area contributed by atoms with Crippen molar-refractivity contribution < 1.29 is 0 Å². The third-order valence-electron chi connectivity index (χ3n) is 2.82. The van der Waals surface area contributed by atoms with Crippen LogP contribution < -0.4 is 16.6 Å². The molecule has 0 saturated carbocycles. The Morgan fingerprint density at radius 3 is 2.42 bits per heavy atom. The van der Waals surface area contributed by atoms with Gasteiger partial charge in [0.05, 0.1) is 0 Å². The zero-order valence-corrected chi connectivity index (χ0v) is 12.6. The molecule has 1 unspecified atom stereocenters. The van der Waals surface area contributed by atoms with Crippen LogP contribution in [0.1, 0.15) is 31.7 Å². The van der Waals surface area contributed by atoms with Crippen molar-refractivity contribution in [3.63, 3.8) is 0 Å². The minimum Gasteiger partial charge on any atom is -0.366 e. The number of nitrogens with one attached hydrogen (secondary N) is 2. The molecule has 0 aliphatic heterocycles. The summed E-state index contributed by atoms with van der Waals surface area (Å²) in [6.45, 7) is 7.16. The van der Waals surface area contributed by atoms with Crippen molar-refractivity contribution in [1.29, 1.82) is 0 Å². The largest absolute Gasteiger partial charge is 0.366 e. The molecule has 0 amide bonds. The molecule has 19 heavy (non-hydrogen) atoms. The van der Waals surface area contributed by atoms with E-state index in [1.165, 1.54) is 0 Å². The number of likely N-dealkylation sites (N-methyl/N-ethyl adjacent to an activating group) is 1. The van der Waals surface area contributed by atoms with Crippen molar-refractivity contribution in [2.45, 2.75) is 39.7 Å². The zero-order chi connectivity index (χ0) is 14.4. The molecule has 1 atom stereocenters. The summed E-state index contributed by atoms with van der Waals surface area (Å²) < 4.78 is 0. The van der Waals surface area contributed by atoms with Gasteiger partial charge in [0.25, 0.3) is 0 Å². The molecule has 0 spiro atoms. The Labute approximate surface area is 115 Å². The SMILES string of the molecule is CCCc1nc(NN)c(C)c(NC(C)CN(C)C)n1. The van der Waals surface area contributed by atoms with E-state index in [1.807, 2.05) is 6.92 Å². The van der Waals surface area contributed by atoms with Crippen molar-refractivity contribution in [1.82, 2.24) is 14.9 Å². The van der Waals surface area contributed by atoms with Crippen LogP contribution in [-0.4, -0.2) is 41.5 Å². The van der Waals surface area contributed by atoms with Gasteiger partial charge in [-0.2, -0.15) is 0 Å². The number of hydrogen-bond acceptors (Lipinski definition) is 6. The summed E-state index contributed by atoms with van der Waals surface area (Å²) in [6, 6.07) is 0.309. The molecule has 0 aliphatic rings. The highest BCUT2D eigenvalue weighted by Crippen LogP contribution is 2.20. The lowest BCUT2D eigenvalue weighted by Crippen LogP contribution is -2.30. The quantitative estimate of drug-likeness (QED) is 0.511. The maximum atomic E-state index is 5.52. The maximum Gasteiger partial charge on any atom is 0.148 e. The van der Waals surface area contributed by atoms with Gasteiger partial charge in [0, 0.05) is 24.6 Å². The fourth-order valence-corrected chi connectivity index (χ4v) is 2.01. The molecule has 6 nitrogen and oxygen atoms in total. The van der Waals surface area contributed by atoms with Gasteiger partial charge in [0.2, 0.25) is 0 Å². The van der Waals surface area contributed by atoms with Gasteiger partial charge in [0.1, 0.15) is 17.5 Å². The standard InChI is InChI=1S/C13H26N6/c1-6-7-11-16-12(10(3)13(17-11)18-14)15-9(2)8-19(4)5/h9H,6-8,14H2,1-5H3,(H2,15,16,17,18). The lowest BCUT2D eigenvalue weighted by molar-refractivity contribution is 0.391. The molecule has 0 bridgehead atoms. The molecule has 0 fully saturated rings. The van der Waals surface area contributed by atoms with Crippen molar-refractivity contribution in [2.75, 3.05) is 31.4 Å². The van der Waals surface area contributed by atoms with Crippen molar-refractivity contribution in [3.8, 4) is 0 Å². The van der Waals surface area contributed by atoms with Crippen LogP contribution in [0.3, 0.4) is 0 Å². The van der Waals surface area contributed by atoms with E-state index in [0.717, 1.165) is 36.6 Å². The monoisotopic (exact) mass is 266 g/mol. The van der Waals surface area contributed by atoms with Crippen molar-refractivity contribution >= 4 is 11.6 Å². The average Bonchev–Trinajstić information content (AvgIpc) is 2.32. The number of aryl methyl sites for hydroxylation is 1. The molecule has 1 aromatic rings. The number of rotatable bonds is 7. The van der Waals surface area contributed by atoms with Gasteiger partial charge < -0.3 is 15.6 Å². The first-order valence-electron chi connectivity index (χ1n) is 6.73. The third kappa shape index (κ3) is 4.65. The Kier molecular flexibility index (Phi) is 5.98. The number of nitrogens with zero attached hydrogens (tertiary/aromatic N) is 3. The third-order valence-corrected chi connectivity index (χ3v) is 2.82. The second kappa shape index (κ2) is 7.25. The van der Waals surface area contributed by atoms with Gasteiger partial charge in [-0.25, -0.2) is 15.8 Å². The van der Waals surface area contributed by atoms with E-state index >= 15 is 0 Å². The number of aromatic nitrogens is 2. The van der Waals surface area contributed by atoms with Crippen LogP contribution in [0.15, 0.2) is 0 Å². The summed E-state index contributed by atoms with van der Waals surface area (Å²) >= 11 is 0. The second-order valence-electron chi connectivity index (χ2n) is 5.16. The highest BCUT2D eigenvalue weighted by Gasteiger charge is 2.12. The summed E-state index contributed by atoms with van der Waals surface area (Å²) in [5.41, 5.74) is 3.60. The first kappa shape index (κ1) is 15.7. The number of hydrogen-bond donors (Lipinski definition) is 3. The van der Waals surface area contributed by atoms with Gasteiger partial charge >= 0.3 is 0 Å². The number of nitrogens with two attached hydrogens (primary N) is 1. The normalized spacial score (nSPS) is 12.6. The van der Waals surface area contributed by atoms with E-state index in [9.17, 15) is 0 Å². The summed E-state index contributed by atoms with van der Waals surface area (Å²) in [5, 5.41) is 3.43. The van der Waals surface area contributed by atoms with Gasteiger partial charge in [-0.1, -0.05) is 6.92 Å². The predicted octanol–water partition coefficient (Wildman–Crippen LogP) is 1.39. The van der Waals surface area contributed by atoms with Gasteiger partial charge in [-0.15, -0.1) is 0 Å². The average molecular weight is 266 g/mol. The summed E-state index contributed by atoms with van der Waals surface area (Å²) in [6.07, 6.45) is 1.87. The van der Waals surface area contributed by atoms with E-state index < -0.39 is 0 Å².